The first-order valence-electron chi connectivity index (χ1n) is 8.61. The molecule has 0 unspecified atom stereocenters. The Morgan fingerprint density at radius 3 is 2.65 bits per heavy atom. The van der Waals surface area contributed by atoms with Crippen molar-refractivity contribution in [2.24, 2.45) is 0 Å². The van der Waals surface area contributed by atoms with E-state index in [1.54, 1.807) is 36.4 Å². The number of H-pyrrole nitrogens is 1. The van der Waals surface area contributed by atoms with Crippen LogP contribution in [-0.4, -0.2) is 22.4 Å². The molecule has 1 heterocycles. The fourth-order valence-electron chi connectivity index (χ4n) is 3.31. The van der Waals surface area contributed by atoms with Crippen LogP contribution < -0.4 is 10.9 Å². The van der Waals surface area contributed by atoms with Gasteiger partial charge in [-0.1, -0.05) is 30.3 Å². The summed E-state index contributed by atoms with van der Waals surface area (Å²) in [7, 11) is 0. The van der Waals surface area contributed by atoms with Gasteiger partial charge in [0, 0.05) is 18.5 Å². The highest BCUT2D eigenvalue weighted by atomic mass is 19.1. The maximum atomic E-state index is 14.0. The Labute approximate surface area is 149 Å². The summed E-state index contributed by atoms with van der Waals surface area (Å²) in [4.78, 5) is 31.8. The normalized spacial score (nSPS) is 15.0. The molecule has 0 bridgehead atoms. The second-order valence-corrected chi connectivity index (χ2v) is 6.60. The minimum atomic E-state index is -0.754. The van der Waals surface area contributed by atoms with Gasteiger partial charge in [0.2, 0.25) is 5.91 Å². The first-order valence-corrected chi connectivity index (χ1v) is 8.61. The number of aromatic amines is 1. The van der Waals surface area contributed by atoms with Crippen LogP contribution in [0.3, 0.4) is 0 Å². The standard InChI is InChI=1S/C20H18FN3O2/c21-15-7-3-2-6-14(15)20(10-11-20)19(26)22-12-9-17-23-16-8-4-1-5-13(16)18(25)24-17/h1-8H,9-12H2,(H,22,26)(H,23,24,25). The van der Waals surface area contributed by atoms with Gasteiger partial charge < -0.3 is 10.3 Å². The van der Waals surface area contributed by atoms with E-state index in [9.17, 15) is 14.0 Å². The Hall–Kier alpha value is -3.02. The molecule has 1 aromatic heterocycles. The van der Waals surface area contributed by atoms with Crippen LogP contribution in [0, 0.1) is 5.82 Å². The van der Waals surface area contributed by atoms with Gasteiger partial charge in [-0.15, -0.1) is 0 Å². The Morgan fingerprint density at radius 2 is 1.88 bits per heavy atom. The predicted molar refractivity (Wildman–Crippen MR) is 96.4 cm³/mol. The van der Waals surface area contributed by atoms with Crippen molar-refractivity contribution in [3.05, 3.63) is 76.1 Å². The summed E-state index contributed by atoms with van der Waals surface area (Å²) in [6, 6.07) is 13.5. The fourth-order valence-corrected chi connectivity index (χ4v) is 3.31. The number of nitrogens with one attached hydrogen (secondary N) is 2. The second-order valence-electron chi connectivity index (χ2n) is 6.60. The van der Waals surface area contributed by atoms with Crippen molar-refractivity contribution in [1.29, 1.82) is 0 Å². The van der Waals surface area contributed by atoms with Crippen LogP contribution in [0.25, 0.3) is 10.9 Å². The molecule has 2 aromatic carbocycles. The lowest BCUT2D eigenvalue weighted by molar-refractivity contribution is -0.123. The van der Waals surface area contributed by atoms with Crippen LogP contribution >= 0.6 is 0 Å². The molecule has 2 N–H and O–H groups in total. The second kappa shape index (κ2) is 6.37. The number of para-hydroxylation sites is 1. The summed E-state index contributed by atoms with van der Waals surface area (Å²) in [5, 5.41) is 3.40. The van der Waals surface area contributed by atoms with E-state index in [0.29, 0.717) is 48.1 Å². The first kappa shape index (κ1) is 16.4. The molecule has 26 heavy (non-hydrogen) atoms. The summed E-state index contributed by atoms with van der Waals surface area (Å²) in [6.45, 7) is 0.330. The van der Waals surface area contributed by atoms with Crippen LogP contribution in [0.4, 0.5) is 4.39 Å². The molecule has 0 spiro atoms. The molecular weight excluding hydrogens is 333 g/mol. The topological polar surface area (TPSA) is 74.8 Å². The molecule has 1 amide bonds. The minimum absolute atomic E-state index is 0.175. The first-order chi connectivity index (χ1) is 12.6. The lowest BCUT2D eigenvalue weighted by atomic mass is 9.94. The van der Waals surface area contributed by atoms with Gasteiger partial charge >= 0.3 is 0 Å². The van der Waals surface area contributed by atoms with E-state index >= 15 is 0 Å². The van der Waals surface area contributed by atoms with E-state index in [1.807, 2.05) is 6.07 Å². The Morgan fingerprint density at radius 1 is 1.15 bits per heavy atom. The highest BCUT2D eigenvalue weighted by Gasteiger charge is 2.52. The number of halogens is 1. The average molecular weight is 351 g/mol. The molecule has 1 aliphatic carbocycles. The van der Waals surface area contributed by atoms with Gasteiger partial charge in [0.1, 0.15) is 11.6 Å². The number of amides is 1. The minimum Gasteiger partial charge on any atom is -0.355 e. The lowest BCUT2D eigenvalue weighted by Crippen LogP contribution is -2.36. The van der Waals surface area contributed by atoms with Gasteiger partial charge in [-0.3, -0.25) is 9.59 Å². The molecule has 0 saturated heterocycles. The van der Waals surface area contributed by atoms with Crippen LogP contribution in [0.2, 0.25) is 0 Å². The summed E-state index contributed by atoms with van der Waals surface area (Å²) in [6.07, 6.45) is 1.69. The summed E-state index contributed by atoms with van der Waals surface area (Å²) >= 11 is 0. The molecule has 1 fully saturated rings. The largest absolute Gasteiger partial charge is 0.355 e. The van der Waals surface area contributed by atoms with Gasteiger partial charge in [0.05, 0.1) is 16.3 Å². The van der Waals surface area contributed by atoms with Gasteiger partial charge in [0.15, 0.2) is 0 Å². The van der Waals surface area contributed by atoms with E-state index < -0.39 is 5.41 Å². The summed E-state index contributed by atoms with van der Waals surface area (Å²) in [5.74, 6) is -0.00356. The Bertz CT molecular complexity index is 1040. The number of carbonyl (C=O) groups is 1. The number of benzene rings is 2. The monoisotopic (exact) mass is 351 g/mol. The van der Waals surface area contributed by atoms with Gasteiger partial charge in [0.25, 0.3) is 5.56 Å². The number of hydrogen-bond donors (Lipinski definition) is 2. The number of nitrogens with zero attached hydrogens (tertiary/aromatic N) is 1. The zero-order valence-corrected chi connectivity index (χ0v) is 14.1. The van der Waals surface area contributed by atoms with Crippen LogP contribution in [0.15, 0.2) is 53.3 Å². The number of fused-ring (bicyclic) bond motifs is 1. The number of aromatic nitrogens is 2. The Kier molecular flexibility index (Phi) is 4.03. The van der Waals surface area contributed by atoms with Crippen molar-refractivity contribution in [1.82, 2.24) is 15.3 Å². The molecule has 132 valence electrons. The van der Waals surface area contributed by atoms with Crippen molar-refractivity contribution in [2.75, 3.05) is 6.54 Å². The average Bonchev–Trinajstić information content (AvgIpc) is 3.44. The smallest absolute Gasteiger partial charge is 0.258 e. The molecule has 0 radical (unpaired) electrons. The van der Waals surface area contributed by atoms with E-state index in [0.717, 1.165) is 0 Å². The quantitative estimate of drug-likeness (QED) is 0.741. The highest BCUT2D eigenvalue weighted by molar-refractivity contribution is 5.91. The van der Waals surface area contributed by atoms with Gasteiger partial charge in [-0.05, 0) is 31.0 Å². The number of carbonyl (C=O) groups excluding carboxylic acids is 1. The highest BCUT2D eigenvalue weighted by Crippen LogP contribution is 2.49. The van der Waals surface area contributed by atoms with Gasteiger partial charge in [-0.25, -0.2) is 9.37 Å². The molecule has 0 aliphatic heterocycles. The van der Waals surface area contributed by atoms with Crippen molar-refractivity contribution in [2.45, 2.75) is 24.7 Å². The number of hydrogen-bond acceptors (Lipinski definition) is 3. The number of rotatable bonds is 5. The molecular formula is C20H18FN3O2. The summed E-state index contributed by atoms with van der Waals surface area (Å²) < 4.78 is 14.0. The molecule has 4 rings (SSSR count). The van der Waals surface area contributed by atoms with Crippen LogP contribution in [0.1, 0.15) is 24.2 Å². The third-order valence-corrected chi connectivity index (χ3v) is 4.88. The van der Waals surface area contributed by atoms with Crippen molar-refractivity contribution < 1.29 is 9.18 Å². The van der Waals surface area contributed by atoms with E-state index in [2.05, 4.69) is 15.3 Å². The molecule has 1 aliphatic rings. The lowest BCUT2D eigenvalue weighted by Gasteiger charge is -2.16. The van der Waals surface area contributed by atoms with Crippen molar-refractivity contribution in [3.8, 4) is 0 Å². The maximum Gasteiger partial charge on any atom is 0.258 e. The SMILES string of the molecule is O=C(NCCc1nc2ccccc2c(=O)[nH]1)C1(c2ccccc2F)CC1. The molecule has 6 heteroatoms. The molecule has 5 nitrogen and oxygen atoms in total. The van der Waals surface area contributed by atoms with Crippen molar-refractivity contribution >= 4 is 16.8 Å². The van der Waals surface area contributed by atoms with E-state index in [1.165, 1.54) is 6.07 Å². The van der Waals surface area contributed by atoms with Crippen molar-refractivity contribution in [3.63, 3.8) is 0 Å². The Balaban J connectivity index is 1.45. The molecule has 0 atom stereocenters. The molecule has 3 aromatic rings. The third-order valence-electron chi connectivity index (χ3n) is 4.88. The summed E-state index contributed by atoms with van der Waals surface area (Å²) in [5.41, 5.74) is 0.134. The fraction of sp³-hybridized carbons (Fsp3) is 0.250. The maximum absolute atomic E-state index is 14.0. The van der Waals surface area contributed by atoms with Gasteiger partial charge in [-0.2, -0.15) is 0 Å². The third kappa shape index (κ3) is 2.87. The zero-order chi connectivity index (χ0) is 18.1. The van der Waals surface area contributed by atoms with Crippen LogP contribution in [0.5, 0.6) is 0 Å². The molecule has 1 saturated carbocycles. The predicted octanol–water partition coefficient (Wildman–Crippen LogP) is 2.45. The van der Waals surface area contributed by atoms with E-state index in [4.69, 9.17) is 0 Å². The zero-order valence-electron chi connectivity index (χ0n) is 14.1. The van der Waals surface area contributed by atoms with Crippen LogP contribution in [-0.2, 0) is 16.6 Å². The van der Waals surface area contributed by atoms with E-state index in [-0.39, 0.29) is 17.3 Å².